The molecule has 42 heavy (non-hydrogen) atoms. The maximum atomic E-state index is 14.0. The Labute approximate surface area is 241 Å². The average Bonchev–Trinajstić information content (AvgIpc) is 3.44. The van der Waals surface area contributed by atoms with Gasteiger partial charge in [0.15, 0.2) is 0 Å². The van der Waals surface area contributed by atoms with E-state index < -0.39 is 35.4 Å². The quantitative estimate of drug-likeness (QED) is 0.251. The molecule has 212 valence electrons. The number of halogens is 2. The lowest BCUT2D eigenvalue weighted by Gasteiger charge is -2.28. The zero-order chi connectivity index (χ0) is 29.6. The summed E-state index contributed by atoms with van der Waals surface area (Å²) in [6.07, 6.45) is 4.75. The summed E-state index contributed by atoms with van der Waals surface area (Å²) in [5.74, 6) is -2.16. The summed E-state index contributed by atoms with van der Waals surface area (Å²) in [5.41, 5.74) is 3.50. The van der Waals surface area contributed by atoms with Gasteiger partial charge in [-0.05, 0) is 65.2 Å². The number of carbonyl (C=O) groups excluding carboxylic acids is 2. The van der Waals surface area contributed by atoms with Crippen molar-refractivity contribution in [3.05, 3.63) is 132 Å². The molecule has 5 aromatic rings. The van der Waals surface area contributed by atoms with Crippen LogP contribution in [0.4, 0.5) is 14.5 Å². The SMILES string of the molecule is COc1cnccc1-c1ccc(NC(=O)[C@@H](NC(=O)c2ccnn2C)C(c2ccc(F)cc2)c2ccc(F)cc2)cc1. The van der Waals surface area contributed by atoms with Gasteiger partial charge >= 0.3 is 0 Å². The second-order valence-corrected chi connectivity index (χ2v) is 9.51. The highest BCUT2D eigenvalue weighted by Gasteiger charge is 2.33. The molecule has 0 unspecified atom stereocenters. The van der Waals surface area contributed by atoms with Gasteiger partial charge in [-0.3, -0.25) is 19.3 Å². The molecule has 0 bridgehead atoms. The summed E-state index contributed by atoms with van der Waals surface area (Å²) in [4.78, 5) is 31.4. The van der Waals surface area contributed by atoms with Crippen molar-refractivity contribution >= 4 is 17.5 Å². The molecular weight excluding hydrogens is 540 g/mol. The Kier molecular flexibility index (Phi) is 8.33. The Hall–Kier alpha value is -5.38. The van der Waals surface area contributed by atoms with Crippen LogP contribution in [0.3, 0.4) is 0 Å². The van der Waals surface area contributed by atoms with E-state index in [9.17, 15) is 18.4 Å². The zero-order valence-corrected chi connectivity index (χ0v) is 22.8. The number of carbonyl (C=O) groups is 2. The van der Waals surface area contributed by atoms with Gasteiger partial charge in [0, 0.05) is 36.6 Å². The lowest BCUT2D eigenvalue weighted by atomic mass is 9.84. The molecular formula is C32H27F2N5O3. The number of benzene rings is 3. The Morgan fingerprint density at radius 3 is 2.00 bits per heavy atom. The highest BCUT2D eigenvalue weighted by molar-refractivity contribution is 6.01. The fraction of sp³-hybridized carbons (Fsp3) is 0.125. The summed E-state index contributed by atoms with van der Waals surface area (Å²) in [5, 5.41) is 9.77. The van der Waals surface area contributed by atoms with Crippen LogP contribution in [0.1, 0.15) is 27.5 Å². The van der Waals surface area contributed by atoms with Gasteiger partial charge in [0.25, 0.3) is 5.91 Å². The molecule has 0 saturated heterocycles. The van der Waals surface area contributed by atoms with E-state index in [1.165, 1.54) is 65.5 Å². The molecule has 10 heteroatoms. The van der Waals surface area contributed by atoms with E-state index in [1.54, 1.807) is 38.7 Å². The van der Waals surface area contributed by atoms with E-state index in [0.717, 1.165) is 11.1 Å². The third kappa shape index (κ3) is 6.17. The minimum Gasteiger partial charge on any atom is -0.494 e. The van der Waals surface area contributed by atoms with Crippen LogP contribution in [0.2, 0.25) is 0 Å². The second-order valence-electron chi connectivity index (χ2n) is 9.51. The highest BCUT2D eigenvalue weighted by atomic mass is 19.1. The van der Waals surface area contributed by atoms with Crippen LogP contribution < -0.4 is 15.4 Å². The number of hydrogen-bond acceptors (Lipinski definition) is 5. The number of anilines is 1. The van der Waals surface area contributed by atoms with E-state index >= 15 is 0 Å². The van der Waals surface area contributed by atoms with Gasteiger partial charge in [-0.25, -0.2) is 8.78 Å². The van der Waals surface area contributed by atoms with Gasteiger partial charge < -0.3 is 15.4 Å². The smallest absolute Gasteiger partial charge is 0.270 e. The van der Waals surface area contributed by atoms with Crippen LogP contribution in [0, 0.1) is 11.6 Å². The predicted octanol–water partition coefficient (Wildman–Crippen LogP) is 5.34. The number of rotatable bonds is 9. The number of nitrogens with zero attached hydrogens (tertiary/aromatic N) is 3. The van der Waals surface area contributed by atoms with Crippen molar-refractivity contribution in [2.45, 2.75) is 12.0 Å². The molecule has 2 amide bonds. The number of methoxy groups -OCH3 is 1. The number of ether oxygens (including phenoxy) is 1. The van der Waals surface area contributed by atoms with E-state index in [2.05, 4.69) is 20.7 Å². The number of aromatic nitrogens is 3. The minimum atomic E-state index is -1.18. The maximum absolute atomic E-state index is 14.0. The predicted molar refractivity (Wildman–Crippen MR) is 154 cm³/mol. The molecule has 0 saturated carbocycles. The summed E-state index contributed by atoms with van der Waals surface area (Å²) in [7, 11) is 3.18. The van der Waals surface area contributed by atoms with Gasteiger partial charge in [-0.1, -0.05) is 36.4 Å². The Bertz CT molecular complexity index is 1640. The molecule has 2 aromatic heterocycles. The monoisotopic (exact) mass is 567 g/mol. The van der Waals surface area contributed by atoms with Crippen molar-refractivity contribution in [1.82, 2.24) is 20.1 Å². The number of aryl methyl sites for hydroxylation is 1. The fourth-order valence-corrected chi connectivity index (χ4v) is 4.76. The molecule has 0 aliphatic rings. The maximum Gasteiger partial charge on any atom is 0.270 e. The molecule has 5 rings (SSSR count). The van der Waals surface area contributed by atoms with E-state index in [-0.39, 0.29) is 5.69 Å². The molecule has 3 aromatic carbocycles. The minimum absolute atomic E-state index is 0.236. The Morgan fingerprint density at radius 2 is 1.45 bits per heavy atom. The Balaban J connectivity index is 1.51. The van der Waals surface area contributed by atoms with Crippen LogP contribution in [-0.2, 0) is 11.8 Å². The third-order valence-electron chi connectivity index (χ3n) is 6.88. The fourth-order valence-electron chi connectivity index (χ4n) is 4.76. The van der Waals surface area contributed by atoms with Gasteiger partial charge in [0.2, 0.25) is 5.91 Å². The van der Waals surface area contributed by atoms with Crippen molar-refractivity contribution in [2.24, 2.45) is 7.05 Å². The summed E-state index contributed by atoms with van der Waals surface area (Å²) >= 11 is 0. The first-order valence-corrected chi connectivity index (χ1v) is 13.0. The van der Waals surface area contributed by atoms with Crippen molar-refractivity contribution in [2.75, 3.05) is 12.4 Å². The van der Waals surface area contributed by atoms with E-state index in [4.69, 9.17) is 4.74 Å². The molecule has 1 atom stereocenters. The van der Waals surface area contributed by atoms with Gasteiger partial charge in [0.05, 0.1) is 13.3 Å². The van der Waals surface area contributed by atoms with Gasteiger partial charge in [0.1, 0.15) is 29.1 Å². The first kappa shape index (κ1) is 28.2. The van der Waals surface area contributed by atoms with Crippen LogP contribution >= 0.6 is 0 Å². The number of amides is 2. The average molecular weight is 568 g/mol. The highest BCUT2D eigenvalue weighted by Crippen LogP contribution is 2.32. The molecule has 0 spiro atoms. The van der Waals surface area contributed by atoms with Crippen LogP contribution in [0.25, 0.3) is 11.1 Å². The lowest BCUT2D eigenvalue weighted by molar-refractivity contribution is -0.118. The molecule has 2 heterocycles. The van der Waals surface area contributed by atoms with Crippen molar-refractivity contribution < 1.29 is 23.1 Å². The van der Waals surface area contributed by atoms with Crippen LogP contribution in [0.5, 0.6) is 5.75 Å². The van der Waals surface area contributed by atoms with Crippen LogP contribution in [0.15, 0.2) is 104 Å². The molecule has 8 nitrogen and oxygen atoms in total. The number of pyridine rings is 1. The topological polar surface area (TPSA) is 98.1 Å². The van der Waals surface area contributed by atoms with Crippen molar-refractivity contribution in [3.8, 4) is 16.9 Å². The first-order chi connectivity index (χ1) is 20.3. The standard InChI is InChI=1S/C32H27F2N5O3/c1-39-27(16-18-36-39)31(40)38-30(29(21-3-9-23(33)10-4-21)22-5-11-24(34)12-6-22)32(41)37-25-13-7-20(8-14-25)26-15-17-35-19-28(26)42-2/h3-19,29-30H,1-2H3,(H,37,41)(H,38,40)/t30-/m0/s1. The van der Waals surface area contributed by atoms with E-state index in [1.807, 2.05) is 18.2 Å². The van der Waals surface area contributed by atoms with E-state index in [0.29, 0.717) is 22.6 Å². The largest absolute Gasteiger partial charge is 0.494 e. The molecule has 0 fully saturated rings. The molecule has 0 radical (unpaired) electrons. The first-order valence-electron chi connectivity index (χ1n) is 13.0. The van der Waals surface area contributed by atoms with Gasteiger partial charge in [-0.15, -0.1) is 0 Å². The zero-order valence-electron chi connectivity index (χ0n) is 22.8. The van der Waals surface area contributed by atoms with Crippen LogP contribution in [-0.4, -0.2) is 39.7 Å². The Morgan fingerprint density at radius 1 is 0.833 bits per heavy atom. The molecule has 0 aliphatic carbocycles. The number of hydrogen-bond donors (Lipinski definition) is 2. The summed E-state index contributed by atoms with van der Waals surface area (Å²) in [6, 6.07) is 20.5. The molecule has 2 N–H and O–H groups in total. The van der Waals surface area contributed by atoms with Crippen molar-refractivity contribution in [3.63, 3.8) is 0 Å². The molecule has 0 aliphatic heterocycles. The number of nitrogens with one attached hydrogen (secondary N) is 2. The van der Waals surface area contributed by atoms with Gasteiger partial charge in [-0.2, -0.15) is 5.10 Å². The normalized spacial score (nSPS) is 11.6. The second kappa shape index (κ2) is 12.4. The summed E-state index contributed by atoms with van der Waals surface area (Å²) in [6.45, 7) is 0. The van der Waals surface area contributed by atoms with Crippen molar-refractivity contribution in [1.29, 1.82) is 0 Å². The lowest BCUT2D eigenvalue weighted by Crippen LogP contribution is -2.48. The summed E-state index contributed by atoms with van der Waals surface area (Å²) < 4.78 is 34.5. The third-order valence-corrected chi connectivity index (χ3v) is 6.88.